The fourth-order valence-corrected chi connectivity index (χ4v) is 0.454. The molecule has 0 aliphatic heterocycles. The molecule has 0 aromatic carbocycles. The highest BCUT2D eigenvalue weighted by molar-refractivity contribution is 5.81. The van der Waals surface area contributed by atoms with E-state index in [1.165, 1.54) is 6.92 Å². The highest BCUT2D eigenvalue weighted by Gasteiger charge is 2.06. The van der Waals surface area contributed by atoms with Gasteiger partial charge < -0.3 is 16.2 Å². The number of carboxylic acids is 1. The van der Waals surface area contributed by atoms with Crippen molar-refractivity contribution in [3.63, 3.8) is 0 Å². The van der Waals surface area contributed by atoms with Gasteiger partial charge in [0.15, 0.2) is 0 Å². The lowest BCUT2D eigenvalue weighted by molar-refractivity contribution is -0.136. The molecule has 4 N–H and O–H groups in total. The molecular weight excluding hydrogens is 148 g/mol. The summed E-state index contributed by atoms with van der Waals surface area (Å²) in [6.07, 6.45) is -0.0710. The zero-order valence-corrected chi connectivity index (χ0v) is 6.33. The molecule has 0 radical (unpaired) electrons. The third-order valence-corrected chi connectivity index (χ3v) is 1.05. The van der Waals surface area contributed by atoms with Crippen molar-refractivity contribution in [2.45, 2.75) is 19.4 Å². The first-order valence-corrected chi connectivity index (χ1v) is 3.29. The number of nitrogens with two attached hydrogens (primary N) is 1. The second kappa shape index (κ2) is 4.68. The molecule has 64 valence electrons. The van der Waals surface area contributed by atoms with Crippen LogP contribution in [0, 0.1) is 0 Å². The largest absolute Gasteiger partial charge is 0.481 e. The minimum atomic E-state index is -0.935. The van der Waals surface area contributed by atoms with Crippen LogP contribution in [0.15, 0.2) is 0 Å². The molecule has 0 aromatic rings. The molecule has 1 atom stereocenters. The van der Waals surface area contributed by atoms with Crippen LogP contribution in [0.25, 0.3) is 0 Å². The van der Waals surface area contributed by atoms with Crippen molar-refractivity contribution < 1.29 is 14.7 Å². The number of carboxylic acid groups (broad SMARTS) is 1. The third kappa shape index (κ3) is 5.35. The number of rotatable bonds is 4. The maximum atomic E-state index is 10.7. The van der Waals surface area contributed by atoms with Gasteiger partial charge in [-0.25, -0.2) is 0 Å². The summed E-state index contributed by atoms with van der Waals surface area (Å²) >= 11 is 0. The van der Waals surface area contributed by atoms with Crippen LogP contribution in [-0.2, 0) is 9.59 Å². The Morgan fingerprint density at radius 3 is 2.55 bits per heavy atom. The number of carbonyl (C=O) groups excluding carboxylic acids is 1. The van der Waals surface area contributed by atoms with E-state index in [-0.39, 0.29) is 18.9 Å². The van der Waals surface area contributed by atoms with Crippen molar-refractivity contribution >= 4 is 11.9 Å². The van der Waals surface area contributed by atoms with Crippen LogP contribution in [0.5, 0.6) is 0 Å². The van der Waals surface area contributed by atoms with Gasteiger partial charge in [0.25, 0.3) is 0 Å². The molecule has 0 fully saturated rings. The second-order valence-electron chi connectivity index (χ2n) is 2.22. The van der Waals surface area contributed by atoms with E-state index in [4.69, 9.17) is 10.8 Å². The number of aliphatic carboxylic acids is 1. The first-order chi connectivity index (χ1) is 5.04. The van der Waals surface area contributed by atoms with Crippen molar-refractivity contribution in [2.75, 3.05) is 6.54 Å². The average Bonchev–Trinajstić information content (AvgIpc) is 1.86. The van der Waals surface area contributed by atoms with Gasteiger partial charge in [0.05, 0.1) is 12.5 Å². The molecule has 1 amide bonds. The van der Waals surface area contributed by atoms with Crippen LogP contribution in [0.4, 0.5) is 0 Å². The molecule has 0 aromatic heterocycles. The quantitative estimate of drug-likeness (QED) is 0.488. The predicted octanol–water partition coefficient (Wildman–Crippen LogP) is -1.08. The molecule has 0 aliphatic carbocycles. The van der Waals surface area contributed by atoms with Gasteiger partial charge in [-0.15, -0.1) is 0 Å². The summed E-state index contributed by atoms with van der Waals surface area (Å²) in [4.78, 5) is 20.7. The Labute approximate surface area is 64.6 Å². The van der Waals surface area contributed by atoms with Crippen molar-refractivity contribution in [2.24, 2.45) is 5.73 Å². The predicted molar refractivity (Wildman–Crippen MR) is 38.9 cm³/mol. The average molecular weight is 160 g/mol. The monoisotopic (exact) mass is 160 g/mol. The molecule has 0 spiro atoms. The van der Waals surface area contributed by atoms with E-state index in [1.807, 2.05) is 0 Å². The van der Waals surface area contributed by atoms with Crippen LogP contribution in [0.3, 0.4) is 0 Å². The molecular formula is C6H12N2O3. The summed E-state index contributed by atoms with van der Waals surface area (Å²) in [7, 11) is 0. The zero-order valence-electron chi connectivity index (χ0n) is 6.33. The number of hydrogen-bond acceptors (Lipinski definition) is 3. The van der Waals surface area contributed by atoms with Gasteiger partial charge in [-0.05, 0) is 6.92 Å². The van der Waals surface area contributed by atoms with E-state index in [0.717, 1.165) is 0 Å². The zero-order chi connectivity index (χ0) is 8.85. The fourth-order valence-electron chi connectivity index (χ4n) is 0.454. The van der Waals surface area contributed by atoms with Gasteiger partial charge in [-0.2, -0.15) is 0 Å². The highest BCUT2D eigenvalue weighted by atomic mass is 16.4. The lowest BCUT2D eigenvalue weighted by Gasteiger charge is -2.04. The summed E-state index contributed by atoms with van der Waals surface area (Å²) in [5.41, 5.74) is 5.19. The minimum Gasteiger partial charge on any atom is -0.481 e. The van der Waals surface area contributed by atoms with Gasteiger partial charge in [0, 0.05) is 6.54 Å². The van der Waals surface area contributed by atoms with Gasteiger partial charge in [-0.3, -0.25) is 9.59 Å². The molecule has 0 saturated carbocycles. The van der Waals surface area contributed by atoms with Crippen molar-refractivity contribution in [3.05, 3.63) is 0 Å². The Morgan fingerprint density at radius 1 is 1.64 bits per heavy atom. The molecule has 0 bridgehead atoms. The summed E-state index contributed by atoms with van der Waals surface area (Å²) in [6, 6.07) is -0.580. The molecule has 0 unspecified atom stereocenters. The lowest BCUT2D eigenvalue weighted by atomic mass is 10.3. The van der Waals surface area contributed by atoms with E-state index < -0.39 is 12.0 Å². The summed E-state index contributed by atoms with van der Waals surface area (Å²) in [5, 5.41) is 10.6. The summed E-state index contributed by atoms with van der Waals surface area (Å²) < 4.78 is 0. The Morgan fingerprint density at radius 2 is 2.18 bits per heavy atom. The summed E-state index contributed by atoms with van der Waals surface area (Å²) in [6.45, 7) is 1.67. The maximum Gasteiger partial charge on any atom is 0.305 e. The second-order valence-corrected chi connectivity index (χ2v) is 2.22. The molecule has 5 nitrogen and oxygen atoms in total. The normalized spacial score (nSPS) is 12.2. The Kier molecular flexibility index (Phi) is 4.21. The Bertz CT molecular complexity index is 156. The smallest absolute Gasteiger partial charge is 0.305 e. The van der Waals surface area contributed by atoms with Gasteiger partial charge >= 0.3 is 5.97 Å². The number of nitrogens with one attached hydrogen (secondary N) is 1. The number of carbonyl (C=O) groups is 2. The topological polar surface area (TPSA) is 92.4 Å². The first-order valence-electron chi connectivity index (χ1n) is 3.29. The Balaban J connectivity index is 3.39. The van der Waals surface area contributed by atoms with Gasteiger partial charge in [0.2, 0.25) is 5.91 Å². The minimum absolute atomic E-state index is 0.0710. The third-order valence-electron chi connectivity index (χ3n) is 1.05. The summed E-state index contributed by atoms with van der Waals surface area (Å²) in [5.74, 6) is -1.26. The van der Waals surface area contributed by atoms with E-state index >= 15 is 0 Å². The van der Waals surface area contributed by atoms with E-state index in [0.29, 0.717) is 0 Å². The van der Waals surface area contributed by atoms with Crippen LogP contribution in [-0.4, -0.2) is 29.6 Å². The van der Waals surface area contributed by atoms with Crippen LogP contribution in [0.1, 0.15) is 13.3 Å². The maximum absolute atomic E-state index is 10.7. The van der Waals surface area contributed by atoms with E-state index in [1.54, 1.807) is 0 Å². The SMILES string of the molecule is C[C@@H](N)C(=O)NCCC(=O)O. The molecule has 0 saturated heterocycles. The van der Waals surface area contributed by atoms with E-state index in [9.17, 15) is 9.59 Å². The standard InChI is InChI=1S/C6H12N2O3/c1-4(7)6(11)8-3-2-5(9)10/h4H,2-3,7H2,1H3,(H,8,11)(H,9,10)/t4-/m1/s1. The van der Waals surface area contributed by atoms with Crippen LogP contribution < -0.4 is 11.1 Å². The molecule has 0 aliphatic rings. The fraction of sp³-hybridized carbons (Fsp3) is 0.667. The first kappa shape index (κ1) is 9.90. The van der Waals surface area contributed by atoms with Gasteiger partial charge in [-0.1, -0.05) is 0 Å². The van der Waals surface area contributed by atoms with Crippen LogP contribution in [0.2, 0.25) is 0 Å². The Hall–Kier alpha value is -1.10. The number of amides is 1. The van der Waals surface area contributed by atoms with E-state index in [2.05, 4.69) is 5.32 Å². The number of hydrogen-bond donors (Lipinski definition) is 3. The van der Waals surface area contributed by atoms with Crippen molar-refractivity contribution in [1.82, 2.24) is 5.32 Å². The lowest BCUT2D eigenvalue weighted by Crippen LogP contribution is -2.39. The molecule has 11 heavy (non-hydrogen) atoms. The molecule has 0 heterocycles. The van der Waals surface area contributed by atoms with Gasteiger partial charge in [0.1, 0.15) is 0 Å². The van der Waals surface area contributed by atoms with Crippen molar-refractivity contribution in [3.8, 4) is 0 Å². The van der Waals surface area contributed by atoms with Crippen molar-refractivity contribution in [1.29, 1.82) is 0 Å². The molecule has 5 heteroatoms. The molecule has 0 rings (SSSR count). The van der Waals surface area contributed by atoms with Crippen LogP contribution >= 0.6 is 0 Å². The highest BCUT2D eigenvalue weighted by Crippen LogP contribution is 1.78.